The van der Waals surface area contributed by atoms with E-state index in [-0.39, 0.29) is 23.1 Å². The number of nitrogens with one attached hydrogen (secondary N) is 2. The molecule has 1 unspecified atom stereocenters. The van der Waals surface area contributed by atoms with Crippen molar-refractivity contribution in [3.05, 3.63) is 12.4 Å². The van der Waals surface area contributed by atoms with E-state index in [2.05, 4.69) is 20.1 Å². The molecule has 2 rings (SSSR count). The second kappa shape index (κ2) is 5.60. The third-order valence-corrected chi connectivity index (χ3v) is 6.69. The molecule has 0 aromatic carbocycles. The molecule has 0 amide bonds. The third-order valence-electron chi connectivity index (χ3n) is 3.03. The predicted octanol–water partition coefficient (Wildman–Crippen LogP) is -1.38. The number of sulfonamides is 1. The highest BCUT2D eigenvalue weighted by Gasteiger charge is 2.32. The summed E-state index contributed by atoms with van der Waals surface area (Å²) in [7, 11) is -7.02. The van der Waals surface area contributed by atoms with Crippen molar-refractivity contribution < 1.29 is 16.8 Å². The smallest absolute Gasteiger partial charge is 0.243 e. The van der Waals surface area contributed by atoms with Crippen molar-refractivity contribution in [3.63, 3.8) is 0 Å². The van der Waals surface area contributed by atoms with Crippen LogP contribution in [0.4, 0.5) is 5.95 Å². The topological polar surface area (TPSA) is 144 Å². The standard InChI is InChI=1S/C9H15N5O4S2/c10-14-9-11-4-8(5-12-9)20(17,18)13-6-7-2-1-3-19(7,15)16/h4-5,7,13H,1-3,6,10H2,(H,11,12,14). The van der Waals surface area contributed by atoms with Crippen molar-refractivity contribution in [1.82, 2.24) is 14.7 Å². The van der Waals surface area contributed by atoms with Crippen LogP contribution in [0, 0.1) is 0 Å². The Balaban J connectivity index is 2.07. The number of hydrogen-bond acceptors (Lipinski definition) is 8. The number of hydrazine groups is 1. The SMILES string of the molecule is NNc1ncc(S(=O)(=O)NCC2CCCS2(=O)=O)cn1. The Hall–Kier alpha value is -1.30. The molecule has 4 N–H and O–H groups in total. The molecule has 0 saturated carbocycles. The highest BCUT2D eigenvalue weighted by atomic mass is 32.2. The number of nitrogens with zero attached hydrogens (tertiary/aromatic N) is 2. The molecular weight excluding hydrogens is 306 g/mol. The molecule has 0 radical (unpaired) electrons. The van der Waals surface area contributed by atoms with Crippen LogP contribution in [0.2, 0.25) is 0 Å². The zero-order chi connectivity index (χ0) is 14.8. The van der Waals surface area contributed by atoms with Crippen molar-refractivity contribution in [3.8, 4) is 0 Å². The van der Waals surface area contributed by atoms with Crippen LogP contribution >= 0.6 is 0 Å². The van der Waals surface area contributed by atoms with Gasteiger partial charge in [-0.25, -0.2) is 37.4 Å². The summed E-state index contributed by atoms with van der Waals surface area (Å²) < 4.78 is 49.4. The lowest BCUT2D eigenvalue weighted by atomic mass is 10.2. The van der Waals surface area contributed by atoms with E-state index < -0.39 is 25.1 Å². The average molecular weight is 321 g/mol. The van der Waals surface area contributed by atoms with Gasteiger partial charge in [-0.3, -0.25) is 5.43 Å². The van der Waals surface area contributed by atoms with E-state index >= 15 is 0 Å². The Labute approximate surface area is 116 Å². The Morgan fingerprint density at radius 2 is 2.00 bits per heavy atom. The van der Waals surface area contributed by atoms with Gasteiger partial charge in [-0.2, -0.15) is 0 Å². The van der Waals surface area contributed by atoms with Gasteiger partial charge >= 0.3 is 0 Å². The maximum atomic E-state index is 12.0. The zero-order valence-corrected chi connectivity index (χ0v) is 12.1. The molecule has 0 spiro atoms. The Bertz CT molecular complexity index is 671. The third kappa shape index (κ3) is 3.23. The summed E-state index contributed by atoms with van der Waals surface area (Å²) in [6, 6.07) is 0. The fourth-order valence-corrected chi connectivity index (χ4v) is 4.74. The second-order valence-electron chi connectivity index (χ2n) is 4.37. The van der Waals surface area contributed by atoms with E-state index in [4.69, 9.17) is 5.84 Å². The summed E-state index contributed by atoms with van der Waals surface area (Å²) in [6.45, 7) is -0.137. The lowest BCUT2D eigenvalue weighted by Gasteiger charge is -2.11. The quantitative estimate of drug-likeness (QED) is 0.444. The molecule has 20 heavy (non-hydrogen) atoms. The highest BCUT2D eigenvalue weighted by Crippen LogP contribution is 2.19. The molecule has 0 bridgehead atoms. The first-order chi connectivity index (χ1) is 9.35. The zero-order valence-electron chi connectivity index (χ0n) is 10.5. The minimum atomic E-state index is -3.83. The lowest BCUT2D eigenvalue weighted by Crippen LogP contribution is -2.34. The van der Waals surface area contributed by atoms with Crippen LogP contribution in [-0.2, 0) is 19.9 Å². The van der Waals surface area contributed by atoms with E-state index in [1.807, 2.05) is 0 Å². The van der Waals surface area contributed by atoms with Gasteiger partial charge in [0, 0.05) is 6.54 Å². The maximum absolute atomic E-state index is 12.0. The van der Waals surface area contributed by atoms with Crippen molar-refractivity contribution in [2.24, 2.45) is 5.84 Å². The summed E-state index contributed by atoms with van der Waals surface area (Å²) in [5, 5.41) is -0.664. The summed E-state index contributed by atoms with van der Waals surface area (Å²) >= 11 is 0. The first kappa shape index (κ1) is 15.1. The number of nitrogen functional groups attached to an aromatic ring is 1. The highest BCUT2D eigenvalue weighted by molar-refractivity contribution is 7.92. The Morgan fingerprint density at radius 3 is 2.50 bits per heavy atom. The van der Waals surface area contributed by atoms with E-state index in [1.54, 1.807) is 0 Å². The fraction of sp³-hybridized carbons (Fsp3) is 0.556. The number of anilines is 1. The lowest BCUT2D eigenvalue weighted by molar-refractivity contribution is 0.570. The van der Waals surface area contributed by atoms with E-state index in [1.165, 1.54) is 0 Å². The molecule has 1 saturated heterocycles. The van der Waals surface area contributed by atoms with Gasteiger partial charge in [-0.1, -0.05) is 0 Å². The molecule has 112 valence electrons. The van der Waals surface area contributed by atoms with Crippen molar-refractivity contribution in [2.75, 3.05) is 17.7 Å². The van der Waals surface area contributed by atoms with E-state index in [0.29, 0.717) is 12.8 Å². The largest absolute Gasteiger partial charge is 0.292 e. The van der Waals surface area contributed by atoms with Gasteiger partial charge in [0.25, 0.3) is 0 Å². The summed E-state index contributed by atoms with van der Waals surface area (Å²) in [5.41, 5.74) is 2.18. The number of nitrogens with two attached hydrogens (primary N) is 1. The van der Waals surface area contributed by atoms with Crippen LogP contribution in [0.25, 0.3) is 0 Å². The number of rotatable bonds is 5. The number of hydrogen-bond donors (Lipinski definition) is 3. The molecule has 1 aromatic rings. The van der Waals surface area contributed by atoms with Crippen LogP contribution < -0.4 is 16.0 Å². The van der Waals surface area contributed by atoms with Gasteiger partial charge in [0.05, 0.1) is 23.4 Å². The molecule has 1 aliphatic rings. The minimum absolute atomic E-state index is 0.0855. The first-order valence-electron chi connectivity index (χ1n) is 5.85. The van der Waals surface area contributed by atoms with Gasteiger partial charge in [-0.05, 0) is 12.8 Å². The minimum Gasteiger partial charge on any atom is -0.292 e. The van der Waals surface area contributed by atoms with Crippen LogP contribution in [0.15, 0.2) is 17.3 Å². The average Bonchev–Trinajstić information content (AvgIpc) is 2.75. The van der Waals surface area contributed by atoms with Crippen molar-refractivity contribution >= 4 is 25.8 Å². The number of sulfone groups is 1. The molecule has 1 fully saturated rings. The Kier molecular flexibility index (Phi) is 4.22. The van der Waals surface area contributed by atoms with Crippen LogP contribution in [0.1, 0.15) is 12.8 Å². The molecule has 1 aromatic heterocycles. The van der Waals surface area contributed by atoms with Gasteiger partial charge in [0.2, 0.25) is 16.0 Å². The molecule has 1 aliphatic heterocycles. The molecule has 11 heteroatoms. The monoisotopic (exact) mass is 321 g/mol. The van der Waals surface area contributed by atoms with Crippen molar-refractivity contribution in [2.45, 2.75) is 23.0 Å². The van der Waals surface area contributed by atoms with Gasteiger partial charge in [0.15, 0.2) is 9.84 Å². The molecule has 0 aliphatic carbocycles. The van der Waals surface area contributed by atoms with Gasteiger partial charge in [0.1, 0.15) is 4.90 Å². The molecule has 9 nitrogen and oxygen atoms in total. The van der Waals surface area contributed by atoms with E-state index in [9.17, 15) is 16.8 Å². The second-order valence-corrected chi connectivity index (χ2v) is 8.54. The van der Waals surface area contributed by atoms with Gasteiger partial charge in [-0.15, -0.1) is 0 Å². The summed E-state index contributed by atoms with van der Waals surface area (Å²) in [4.78, 5) is 7.23. The van der Waals surface area contributed by atoms with Crippen molar-refractivity contribution in [1.29, 1.82) is 0 Å². The Morgan fingerprint density at radius 1 is 1.35 bits per heavy atom. The summed E-state index contributed by atoms with van der Waals surface area (Å²) in [5.74, 6) is 5.27. The molecule has 1 atom stereocenters. The maximum Gasteiger partial charge on any atom is 0.243 e. The fourth-order valence-electron chi connectivity index (χ4n) is 1.90. The van der Waals surface area contributed by atoms with E-state index in [0.717, 1.165) is 12.4 Å². The van der Waals surface area contributed by atoms with Crippen LogP contribution in [0.5, 0.6) is 0 Å². The number of aromatic nitrogens is 2. The molecular formula is C9H15N5O4S2. The van der Waals surface area contributed by atoms with Crippen LogP contribution in [0.3, 0.4) is 0 Å². The normalized spacial score (nSPS) is 21.8. The van der Waals surface area contributed by atoms with Gasteiger partial charge < -0.3 is 0 Å². The first-order valence-corrected chi connectivity index (χ1v) is 9.05. The molecule has 2 heterocycles. The van der Waals surface area contributed by atoms with Crippen LogP contribution in [-0.4, -0.2) is 44.4 Å². The summed E-state index contributed by atoms with van der Waals surface area (Å²) in [6.07, 6.45) is 3.22. The predicted molar refractivity (Wildman–Crippen MR) is 71.8 cm³/mol.